The summed E-state index contributed by atoms with van der Waals surface area (Å²) in [7, 11) is 0. The summed E-state index contributed by atoms with van der Waals surface area (Å²) in [6.07, 6.45) is 2.16. The van der Waals surface area contributed by atoms with Crippen LogP contribution in [0.4, 0.5) is 0 Å². The molecular weight excluding hydrogens is 208 g/mol. The number of rotatable bonds is 2. The second-order valence-electron chi connectivity index (χ2n) is 6.19. The van der Waals surface area contributed by atoms with Crippen molar-refractivity contribution in [2.75, 3.05) is 0 Å². The van der Waals surface area contributed by atoms with Crippen molar-refractivity contribution in [3.63, 3.8) is 0 Å². The molecule has 1 aliphatic rings. The molecule has 0 aromatic heterocycles. The molecule has 0 N–H and O–H groups in total. The van der Waals surface area contributed by atoms with Gasteiger partial charge >= 0.3 is 0 Å². The average Bonchev–Trinajstić information content (AvgIpc) is 2.54. The molecule has 0 bridgehead atoms. The number of carbonyl (C=O) groups excluding carboxylic acids is 1. The highest BCUT2D eigenvalue weighted by atomic mass is 16.1. The molecule has 17 heavy (non-hydrogen) atoms. The lowest BCUT2D eigenvalue weighted by molar-refractivity contribution is 0.0546. The van der Waals surface area contributed by atoms with Crippen LogP contribution in [0.2, 0.25) is 0 Å². The van der Waals surface area contributed by atoms with Gasteiger partial charge in [0.05, 0.1) is 0 Å². The van der Waals surface area contributed by atoms with Gasteiger partial charge in [-0.1, -0.05) is 58.0 Å². The lowest BCUT2D eigenvalue weighted by Gasteiger charge is -2.39. The Hall–Kier alpha value is -1.11. The van der Waals surface area contributed by atoms with Crippen LogP contribution in [0.25, 0.3) is 0 Å². The zero-order valence-electron chi connectivity index (χ0n) is 11.3. The summed E-state index contributed by atoms with van der Waals surface area (Å²) in [6, 6.07) is 9.73. The first kappa shape index (κ1) is 12.3. The first-order valence-corrected chi connectivity index (χ1v) is 6.49. The van der Waals surface area contributed by atoms with Gasteiger partial charge in [-0.25, -0.2) is 0 Å². The van der Waals surface area contributed by atoms with E-state index in [1.807, 2.05) is 30.3 Å². The highest BCUT2D eigenvalue weighted by molar-refractivity contribution is 6.01. The van der Waals surface area contributed by atoms with Crippen LogP contribution in [-0.2, 0) is 0 Å². The topological polar surface area (TPSA) is 17.1 Å². The Bertz CT molecular complexity index is 418. The predicted octanol–water partition coefficient (Wildman–Crippen LogP) is 4.33. The minimum atomic E-state index is -0.215. The molecule has 0 aliphatic heterocycles. The highest BCUT2D eigenvalue weighted by Gasteiger charge is 2.53. The van der Waals surface area contributed by atoms with E-state index in [0.717, 1.165) is 18.4 Å². The number of hydrogen-bond acceptors (Lipinski definition) is 1. The molecule has 1 aliphatic carbocycles. The molecule has 0 heterocycles. The van der Waals surface area contributed by atoms with Crippen molar-refractivity contribution in [1.82, 2.24) is 0 Å². The molecule has 1 saturated carbocycles. The normalized spacial score (nSPS) is 31.4. The van der Waals surface area contributed by atoms with E-state index in [1.54, 1.807) is 0 Å². The van der Waals surface area contributed by atoms with Gasteiger partial charge in [-0.15, -0.1) is 0 Å². The van der Waals surface area contributed by atoms with Crippen LogP contribution >= 0.6 is 0 Å². The summed E-state index contributed by atoms with van der Waals surface area (Å²) >= 11 is 0. The van der Waals surface area contributed by atoms with Gasteiger partial charge in [0.2, 0.25) is 0 Å². The third-order valence-electron chi connectivity index (χ3n) is 5.27. The molecule has 0 amide bonds. The zero-order chi connectivity index (χ0) is 12.7. The Balaban J connectivity index is 2.38. The summed E-state index contributed by atoms with van der Waals surface area (Å²) in [4.78, 5) is 12.7. The van der Waals surface area contributed by atoms with Crippen molar-refractivity contribution in [3.8, 4) is 0 Å². The second kappa shape index (κ2) is 3.97. The highest BCUT2D eigenvalue weighted by Crippen LogP contribution is 2.56. The Morgan fingerprint density at radius 2 is 1.76 bits per heavy atom. The number of carbonyl (C=O) groups is 1. The molecule has 2 atom stereocenters. The van der Waals surface area contributed by atoms with E-state index in [2.05, 4.69) is 27.7 Å². The lowest BCUT2D eigenvalue weighted by Crippen LogP contribution is -2.40. The fourth-order valence-electron chi connectivity index (χ4n) is 3.05. The number of ketones is 1. The largest absolute Gasteiger partial charge is 0.294 e. The fourth-order valence-corrected chi connectivity index (χ4v) is 3.05. The van der Waals surface area contributed by atoms with Crippen molar-refractivity contribution < 1.29 is 4.79 Å². The van der Waals surface area contributed by atoms with Gasteiger partial charge in [0.15, 0.2) is 5.78 Å². The molecule has 1 aromatic carbocycles. The summed E-state index contributed by atoms with van der Waals surface area (Å²) < 4.78 is 0. The molecular formula is C16H22O. The molecule has 1 aromatic rings. The molecule has 1 fully saturated rings. The van der Waals surface area contributed by atoms with Crippen LogP contribution in [0.5, 0.6) is 0 Å². The molecule has 0 spiro atoms. The molecule has 92 valence electrons. The van der Waals surface area contributed by atoms with E-state index in [9.17, 15) is 4.79 Å². The van der Waals surface area contributed by atoms with Crippen molar-refractivity contribution in [2.24, 2.45) is 16.7 Å². The molecule has 0 saturated heterocycles. The maximum absolute atomic E-state index is 12.7. The summed E-state index contributed by atoms with van der Waals surface area (Å²) in [5.74, 6) is 0.924. The average molecular weight is 230 g/mol. The number of Topliss-reactive ketones (excluding diaryl/α,β-unsaturated/α-hetero) is 1. The molecule has 0 unspecified atom stereocenters. The number of benzene rings is 1. The molecule has 1 heteroatoms. The van der Waals surface area contributed by atoms with Crippen LogP contribution < -0.4 is 0 Å². The maximum atomic E-state index is 12.7. The standard InChI is InChI=1S/C16H22O/c1-12-10-11-16(4,15(12,2)3)14(17)13-8-6-5-7-9-13/h5-9,12H,10-11H2,1-4H3/t12-,16-/m1/s1. The van der Waals surface area contributed by atoms with Gasteiger partial charge in [-0.05, 0) is 24.2 Å². The van der Waals surface area contributed by atoms with Gasteiger partial charge in [-0.2, -0.15) is 0 Å². The minimum absolute atomic E-state index is 0.0833. The first-order valence-electron chi connectivity index (χ1n) is 6.49. The minimum Gasteiger partial charge on any atom is -0.294 e. The maximum Gasteiger partial charge on any atom is 0.169 e. The summed E-state index contributed by atoms with van der Waals surface area (Å²) in [5, 5.41) is 0. The second-order valence-corrected chi connectivity index (χ2v) is 6.19. The third-order valence-corrected chi connectivity index (χ3v) is 5.27. The van der Waals surface area contributed by atoms with Crippen LogP contribution in [0.15, 0.2) is 30.3 Å². The van der Waals surface area contributed by atoms with Crippen LogP contribution in [0.1, 0.15) is 50.9 Å². The van der Waals surface area contributed by atoms with E-state index >= 15 is 0 Å². The first-order chi connectivity index (χ1) is 7.89. The van der Waals surface area contributed by atoms with Crippen LogP contribution in [0, 0.1) is 16.7 Å². The quantitative estimate of drug-likeness (QED) is 0.691. The SMILES string of the molecule is C[C@@H]1CC[C@](C)(C(=O)c2ccccc2)C1(C)C. The molecule has 1 nitrogen and oxygen atoms in total. The van der Waals surface area contributed by atoms with Gasteiger partial charge in [0.25, 0.3) is 0 Å². The zero-order valence-corrected chi connectivity index (χ0v) is 11.3. The van der Waals surface area contributed by atoms with E-state index in [-0.39, 0.29) is 10.8 Å². The smallest absolute Gasteiger partial charge is 0.169 e. The van der Waals surface area contributed by atoms with E-state index in [0.29, 0.717) is 11.7 Å². The van der Waals surface area contributed by atoms with Crippen molar-refractivity contribution >= 4 is 5.78 Å². The summed E-state index contributed by atoms with van der Waals surface area (Å²) in [5.41, 5.74) is 0.727. The van der Waals surface area contributed by atoms with Crippen molar-refractivity contribution in [1.29, 1.82) is 0 Å². The molecule has 2 rings (SSSR count). The van der Waals surface area contributed by atoms with Gasteiger partial charge in [-0.3, -0.25) is 4.79 Å². The van der Waals surface area contributed by atoms with Crippen molar-refractivity contribution in [2.45, 2.75) is 40.5 Å². The summed E-state index contributed by atoms with van der Waals surface area (Å²) in [6.45, 7) is 8.90. The fraction of sp³-hybridized carbons (Fsp3) is 0.562. The van der Waals surface area contributed by atoms with Crippen molar-refractivity contribution in [3.05, 3.63) is 35.9 Å². The van der Waals surface area contributed by atoms with Gasteiger partial charge in [0.1, 0.15) is 0 Å². The van der Waals surface area contributed by atoms with E-state index < -0.39 is 0 Å². The lowest BCUT2D eigenvalue weighted by atomic mass is 9.63. The van der Waals surface area contributed by atoms with E-state index in [1.165, 1.54) is 0 Å². The Labute approximate surface area is 104 Å². The van der Waals surface area contributed by atoms with Crippen LogP contribution in [0.3, 0.4) is 0 Å². The third kappa shape index (κ3) is 1.72. The molecule has 0 radical (unpaired) electrons. The van der Waals surface area contributed by atoms with Gasteiger partial charge < -0.3 is 0 Å². The Kier molecular flexibility index (Phi) is 2.89. The van der Waals surface area contributed by atoms with Crippen LogP contribution in [-0.4, -0.2) is 5.78 Å². The van der Waals surface area contributed by atoms with Gasteiger partial charge in [0, 0.05) is 11.0 Å². The monoisotopic (exact) mass is 230 g/mol. The Morgan fingerprint density at radius 3 is 2.24 bits per heavy atom. The van der Waals surface area contributed by atoms with E-state index in [4.69, 9.17) is 0 Å². The predicted molar refractivity (Wildman–Crippen MR) is 71.1 cm³/mol. The Morgan fingerprint density at radius 1 is 1.18 bits per heavy atom. The number of hydrogen-bond donors (Lipinski definition) is 0.